The summed E-state index contributed by atoms with van der Waals surface area (Å²) in [6.45, 7) is 1.68. The Bertz CT molecular complexity index is 1000. The van der Waals surface area contributed by atoms with Crippen molar-refractivity contribution in [3.05, 3.63) is 71.2 Å². The molecule has 3 aromatic rings. The van der Waals surface area contributed by atoms with Crippen molar-refractivity contribution in [1.82, 2.24) is 15.0 Å². The summed E-state index contributed by atoms with van der Waals surface area (Å²) in [5, 5.41) is 0. The average Bonchev–Trinajstić information content (AvgIpc) is 2.60. The standard InChI is InChI=1S/C19H13F3N4/c1-12-16(8-7-13-4-3-9-24-11-13)17(26-18(23)25-12)14-5-2-6-15(10-14)19(20,21)22/h2-6,9-11H,1H3,(H2,23,25,26). The molecule has 0 aliphatic carbocycles. The molecule has 0 aliphatic heterocycles. The number of nitrogens with zero attached hydrogens (tertiary/aromatic N) is 3. The number of anilines is 1. The molecule has 0 amide bonds. The highest BCUT2D eigenvalue weighted by atomic mass is 19.4. The molecule has 0 fully saturated rings. The summed E-state index contributed by atoms with van der Waals surface area (Å²) in [5.74, 6) is 5.82. The van der Waals surface area contributed by atoms with Gasteiger partial charge in [0.05, 0.1) is 22.5 Å². The van der Waals surface area contributed by atoms with Crippen LogP contribution >= 0.6 is 0 Å². The van der Waals surface area contributed by atoms with Crippen molar-refractivity contribution in [2.45, 2.75) is 13.1 Å². The Morgan fingerprint density at radius 2 is 1.85 bits per heavy atom. The third kappa shape index (κ3) is 3.81. The zero-order chi connectivity index (χ0) is 18.7. The molecule has 130 valence electrons. The summed E-state index contributed by atoms with van der Waals surface area (Å²) in [5.41, 5.74) is 7.03. The number of aryl methyl sites for hydroxylation is 1. The van der Waals surface area contributed by atoms with Gasteiger partial charge < -0.3 is 5.73 Å². The van der Waals surface area contributed by atoms with Gasteiger partial charge in [-0.25, -0.2) is 9.97 Å². The highest BCUT2D eigenvalue weighted by molar-refractivity contribution is 5.70. The quantitative estimate of drug-likeness (QED) is 0.674. The maximum atomic E-state index is 13.0. The second-order valence-corrected chi connectivity index (χ2v) is 5.46. The highest BCUT2D eigenvalue weighted by Crippen LogP contribution is 2.33. The number of hydrogen-bond donors (Lipinski definition) is 1. The zero-order valence-electron chi connectivity index (χ0n) is 13.7. The predicted molar refractivity (Wildman–Crippen MR) is 91.8 cm³/mol. The van der Waals surface area contributed by atoms with Crippen LogP contribution in [0.1, 0.15) is 22.4 Å². The molecule has 4 nitrogen and oxygen atoms in total. The van der Waals surface area contributed by atoms with Gasteiger partial charge in [0.25, 0.3) is 0 Å². The monoisotopic (exact) mass is 354 g/mol. The molecule has 0 saturated heterocycles. The van der Waals surface area contributed by atoms with Crippen molar-refractivity contribution in [2.75, 3.05) is 5.73 Å². The van der Waals surface area contributed by atoms with Crippen LogP contribution in [-0.2, 0) is 6.18 Å². The fraction of sp³-hybridized carbons (Fsp3) is 0.105. The van der Waals surface area contributed by atoms with Crippen molar-refractivity contribution in [3.8, 4) is 23.1 Å². The van der Waals surface area contributed by atoms with Gasteiger partial charge in [0.1, 0.15) is 0 Å². The number of benzene rings is 1. The Kier molecular flexibility index (Phi) is 4.59. The molecule has 0 atom stereocenters. The molecule has 0 radical (unpaired) electrons. The number of hydrogen-bond acceptors (Lipinski definition) is 4. The van der Waals surface area contributed by atoms with Gasteiger partial charge in [-0.2, -0.15) is 13.2 Å². The summed E-state index contributed by atoms with van der Waals surface area (Å²) in [6, 6.07) is 8.40. The van der Waals surface area contributed by atoms with Crippen molar-refractivity contribution in [2.24, 2.45) is 0 Å². The Labute approximate surface area is 148 Å². The van der Waals surface area contributed by atoms with Crippen LogP contribution < -0.4 is 5.73 Å². The molecule has 2 heterocycles. The molecule has 2 aromatic heterocycles. The molecule has 0 saturated carbocycles. The van der Waals surface area contributed by atoms with E-state index in [9.17, 15) is 13.2 Å². The topological polar surface area (TPSA) is 64.7 Å². The minimum atomic E-state index is -4.45. The van der Waals surface area contributed by atoms with Crippen LogP contribution in [0.3, 0.4) is 0 Å². The van der Waals surface area contributed by atoms with Gasteiger partial charge in [0.15, 0.2) is 0 Å². The van der Waals surface area contributed by atoms with Gasteiger partial charge in [0.2, 0.25) is 5.95 Å². The molecular weight excluding hydrogens is 341 g/mol. The van der Waals surface area contributed by atoms with E-state index < -0.39 is 11.7 Å². The molecule has 2 N–H and O–H groups in total. The Hall–Kier alpha value is -3.40. The minimum Gasteiger partial charge on any atom is -0.368 e. The lowest BCUT2D eigenvalue weighted by Gasteiger charge is -2.11. The number of nitrogens with two attached hydrogens (primary N) is 1. The second-order valence-electron chi connectivity index (χ2n) is 5.46. The summed E-state index contributed by atoms with van der Waals surface area (Å²) in [4.78, 5) is 12.2. The van der Waals surface area contributed by atoms with E-state index in [1.54, 1.807) is 31.5 Å². The molecule has 0 bridgehead atoms. The van der Waals surface area contributed by atoms with Gasteiger partial charge in [-0.15, -0.1) is 0 Å². The molecule has 26 heavy (non-hydrogen) atoms. The summed E-state index contributed by atoms with van der Waals surface area (Å²) < 4.78 is 39.1. The number of nitrogen functional groups attached to an aromatic ring is 1. The fourth-order valence-corrected chi connectivity index (χ4v) is 2.37. The molecular formula is C19H13F3N4. The molecule has 1 aromatic carbocycles. The van der Waals surface area contributed by atoms with Crippen LogP contribution in [0.5, 0.6) is 0 Å². The number of halogens is 3. The SMILES string of the molecule is Cc1nc(N)nc(-c2cccc(C(F)(F)F)c2)c1C#Cc1cccnc1. The molecule has 3 rings (SSSR count). The lowest BCUT2D eigenvalue weighted by atomic mass is 10.0. The van der Waals surface area contributed by atoms with Gasteiger partial charge in [0, 0.05) is 23.5 Å². The van der Waals surface area contributed by atoms with Gasteiger partial charge in [-0.1, -0.05) is 24.0 Å². The van der Waals surface area contributed by atoms with Crippen molar-refractivity contribution in [1.29, 1.82) is 0 Å². The number of rotatable bonds is 1. The van der Waals surface area contributed by atoms with Crippen molar-refractivity contribution in [3.63, 3.8) is 0 Å². The van der Waals surface area contributed by atoms with Crippen molar-refractivity contribution >= 4 is 5.95 Å². The molecule has 0 spiro atoms. The van der Waals surface area contributed by atoms with Crippen LogP contribution in [0.2, 0.25) is 0 Å². The van der Waals surface area contributed by atoms with E-state index in [1.165, 1.54) is 12.1 Å². The van der Waals surface area contributed by atoms with Crippen LogP contribution in [0.4, 0.5) is 19.1 Å². The fourth-order valence-electron chi connectivity index (χ4n) is 2.37. The number of pyridine rings is 1. The molecule has 0 aliphatic rings. The first kappa shape index (κ1) is 17.4. The number of aromatic nitrogens is 3. The van der Waals surface area contributed by atoms with Gasteiger partial charge in [-0.3, -0.25) is 4.98 Å². The van der Waals surface area contributed by atoms with Crippen LogP contribution in [-0.4, -0.2) is 15.0 Å². The summed E-state index contributed by atoms with van der Waals surface area (Å²) >= 11 is 0. The van der Waals surface area contributed by atoms with E-state index in [1.807, 2.05) is 0 Å². The van der Waals surface area contributed by atoms with Crippen LogP contribution in [0, 0.1) is 18.8 Å². The number of alkyl halides is 3. The maximum Gasteiger partial charge on any atom is 0.416 e. The van der Waals surface area contributed by atoms with Crippen LogP contribution in [0.15, 0.2) is 48.8 Å². The van der Waals surface area contributed by atoms with E-state index in [-0.39, 0.29) is 17.2 Å². The normalized spacial score (nSPS) is 10.9. The third-order valence-corrected chi connectivity index (χ3v) is 3.56. The van der Waals surface area contributed by atoms with Crippen molar-refractivity contribution < 1.29 is 13.2 Å². The minimum absolute atomic E-state index is 0.0261. The maximum absolute atomic E-state index is 13.0. The third-order valence-electron chi connectivity index (χ3n) is 3.56. The molecule has 0 unspecified atom stereocenters. The smallest absolute Gasteiger partial charge is 0.368 e. The van der Waals surface area contributed by atoms with E-state index in [0.717, 1.165) is 12.1 Å². The summed E-state index contributed by atoms with van der Waals surface area (Å²) in [6.07, 6.45) is -1.24. The Morgan fingerprint density at radius 3 is 2.54 bits per heavy atom. The first-order valence-electron chi connectivity index (χ1n) is 7.58. The van der Waals surface area contributed by atoms with Gasteiger partial charge >= 0.3 is 6.18 Å². The molecule has 7 heteroatoms. The first-order valence-corrected chi connectivity index (χ1v) is 7.58. The van der Waals surface area contributed by atoms with E-state index >= 15 is 0 Å². The summed E-state index contributed by atoms with van der Waals surface area (Å²) in [7, 11) is 0. The van der Waals surface area contributed by atoms with E-state index in [4.69, 9.17) is 5.73 Å². The largest absolute Gasteiger partial charge is 0.416 e. The van der Waals surface area contributed by atoms with Gasteiger partial charge in [-0.05, 0) is 31.2 Å². The van der Waals surface area contributed by atoms with E-state index in [0.29, 0.717) is 16.8 Å². The first-order chi connectivity index (χ1) is 12.3. The highest BCUT2D eigenvalue weighted by Gasteiger charge is 2.30. The van der Waals surface area contributed by atoms with Crippen LogP contribution in [0.25, 0.3) is 11.3 Å². The Balaban J connectivity index is 2.15. The average molecular weight is 354 g/mol. The lowest BCUT2D eigenvalue weighted by Crippen LogP contribution is -2.06. The zero-order valence-corrected chi connectivity index (χ0v) is 13.7. The Morgan fingerprint density at radius 1 is 1.04 bits per heavy atom. The predicted octanol–water partition coefficient (Wildman–Crippen LogP) is 3.85. The second kappa shape index (κ2) is 6.84. The lowest BCUT2D eigenvalue weighted by molar-refractivity contribution is -0.137. The van der Waals surface area contributed by atoms with E-state index in [2.05, 4.69) is 26.8 Å².